The van der Waals surface area contributed by atoms with Crippen LogP contribution < -0.4 is 4.74 Å². The fourth-order valence-corrected chi connectivity index (χ4v) is 5.05. The zero-order valence-corrected chi connectivity index (χ0v) is 16.0. The molecule has 0 saturated carbocycles. The van der Waals surface area contributed by atoms with Crippen LogP contribution in [0.2, 0.25) is 5.02 Å². The van der Waals surface area contributed by atoms with Crippen molar-refractivity contribution in [1.29, 1.82) is 0 Å². The molecule has 1 unspecified atom stereocenters. The topological polar surface area (TPSA) is 63.7 Å². The van der Waals surface area contributed by atoms with Crippen molar-refractivity contribution in [3.05, 3.63) is 64.7 Å². The summed E-state index contributed by atoms with van der Waals surface area (Å²) in [6.07, 6.45) is 0.433. The predicted octanol–water partition coefficient (Wildman–Crippen LogP) is 3.18. The highest BCUT2D eigenvalue weighted by atomic mass is 35.5. The Kier molecular flexibility index (Phi) is 5.53. The van der Waals surface area contributed by atoms with Gasteiger partial charge in [-0.3, -0.25) is 4.79 Å². The van der Waals surface area contributed by atoms with Gasteiger partial charge in [0.2, 0.25) is 0 Å². The second-order valence-corrected chi connectivity index (χ2v) is 8.95. The van der Waals surface area contributed by atoms with Gasteiger partial charge in [-0.1, -0.05) is 35.9 Å². The summed E-state index contributed by atoms with van der Waals surface area (Å²) < 4.78 is 29.1. The molecule has 0 radical (unpaired) electrons. The number of ether oxygens (including phenoxy) is 1. The van der Waals surface area contributed by atoms with Crippen LogP contribution in [0.15, 0.2) is 48.5 Å². The summed E-state index contributed by atoms with van der Waals surface area (Å²) in [5, 5.41) is 0.553. The minimum absolute atomic E-state index is 0.0207. The van der Waals surface area contributed by atoms with Crippen molar-refractivity contribution in [3.63, 3.8) is 0 Å². The molecule has 1 atom stereocenters. The molecule has 2 aromatic carbocycles. The van der Waals surface area contributed by atoms with Crippen molar-refractivity contribution in [2.75, 3.05) is 18.6 Å². The summed E-state index contributed by atoms with van der Waals surface area (Å²) in [6, 6.07) is 13.8. The van der Waals surface area contributed by atoms with Crippen LogP contribution in [0.1, 0.15) is 22.3 Å². The number of benzene rings is 2. The lowest BCUT2D eigenvalue weighted by Gasteiger charge is -2.29. The van der Waals surface area contributed by atoms with Crippen molar-refractivity contribution >= 4 is 27.3 Å². The van der Waals surface area contributed by atoms with E-state index in [1.807, 2.05) is 18.2 Å². The normalized spacial score (nSPS) is 18.5. The van der Waals surface area contributed by atoms with Crippen LogP contribution in [-0.2, 0) is 16.4 Å². The standard InChI is InChI=1S/C19H20ClNO4S/c1-25-17-7-4-6-14(11-17)19(22)21(16-9-10-26(23,24)13-16)12-15-5-2-3-8-18(15)20/h2-8,11,16H,9-10,12-13H2,1H3. The Hall–Kier alpha value is -2.05. The Morgan fingerprint density at radius 1 is 1.23 bits per heavy atom. The van der Waals surface area contributed by atoms with Crippen molar-refractivity contribution in [1.82, 2.24) is 4.90 Å². The summed E-state index contributed by atoms with van der Waals surface area (Å²) in [7, 11) is -1.59. The van der Waals surface area contributed by atoms with Crippen LogP contribution in [0.4, 0.5) is 0 Å². The molecule has 0 aliphatic carbocycles. The first kappa shape index (κ1) is 18.7. The minimum Gasteiger partial charge on any atom is -0.497 e. The number of hydrogen-bond acceptors (Lipinski definition) is 4. The lowest BCUT2D eigenvalue weighted by atomic mass is 10.1. The molecule has 0 spiro atoms. The summed E-state index contributed by atoms with van der Waals surface area (Å²) >= 11 is 6.25. The van der Waals surface area contributed by atoms with Gasteiger partial charge in [0.1, 0.15) is 5.75 Å². The summed E-state index contributed by atoms with van der Waals surface area (Å²) in [5.74, 6) is 0.424. The average Bonchev–Trinajstić information content (AvgIpc) is 3.00. The Labute approximate surface area is 158 Å². The van der Waals surface area contributed by atoms with Gasteiger partial charge in [-0.2, -0.15) is 0 Å². The fourth-order valence-electron chi connectivity index (χ4n) is 3.12. The van der Waals surface area contributed by atoms with E-state index in [9.17, 15) is 13.2 Å². The minimum atomic E-state index is -3.12. The molecule has 1 amide bonds. The molecule has 3 rings (SSSR count). The molecule has 2 aromatic rings. The SMILES string of the molecule is COc1cccc(C(=O)N(Cc2ccccc2Cl)C2CCS(=O)(=O)C2)c1. The summed E-state index contributed by atoms with van der Waals surface area (Å²) in [6.45, 7) is 0.260. The van der Waals surface area contributed by atoms with Crippen LogP contribution in [0.5, 0.6) is 5.75 Å². The van der Waals surface area contributed by atoms with Gasteiger partial charge in [0.05, 0.1) is 18.6 Å². The monoisotopic (exact) mass is 393 g/mol. The van der Waals surface area contributed by atoms with Crippen molar-refractivity contribution in [3.8, 4) is 5.75 Å². The van der Waals surface area contributed by atoms with Crippen molar-refractivity contribution in [2.45, 2.75) is 19.0 Å². The zero-order valence-electron chi connectivity index (χ0n) is 14.4. The molecule has 7 heteroatoms. The molecule has 0 aromatic heterocycles. The Bertz CT molecular complexity index is 913. The van der Waals surface area contributed by atoms with Crippen LogP contribution in [0.25, 0.3) is 0 Å². The Morgan fingerprint density at radius 3 is 2.65 bits per heavy atom. The van der Waals surface area contributed by atoms with E-state index in [1.54, 1.807) is 35.2 Å². The Balaban J connectivity index is 1.94. The molecule has 1 aliphatic rings. The predicted molar refractivity (Wildman–Crippen MR) is 101 cm³/mol. The largest absolute Gasteiger partial charge is 0.497 e. The second-order valence-electron chi connectivity index (χ2n) is 6.31. The maximum absolute atomic E-state index is 13.2. The molecular weight excluding hydrogens is 374 g/mol. The first-order valence-electron chi connectivity index (χ1n) is 8.28. The molecule has 0 N–H and O–H groups in total. The van der Waals surface area contributed by atoms with E-state index >= 15 is 0 Å². The third-order valence-corrected chi connectivity index (χ3v) is 6.64. The van der Waals surface area contributed by atoms with Gasteiger partial charge in [0.15, 0.2) is 9.84 Å². The van der Waals surface area contributed by atoms with Gasteiger partial charge in [0, 0.05) is 23.2 Å². The molecule has 5 nitrogen and oxygen atoms in total. The van der Waals surface area contributed by atoms with Gasteiger partial charge in [-0.15, -0.1) is 0 Å². The fraction of sp³-hybridized carbons (Fsp3) is 0.316. The zero-order chi connectivity index (χ0) is 18.7. The number of amides is 1. The number of nitrogens with zero attached hydrogens (tertiary/aromatic N) is 1. The summed E-state index contributed by atoms with van der Waals surface area (Å²) in [5.41, 5.74) is 1.25. The smallest absolute Gasteiger partial charge is 0.254 e. The lowest BCUT2D eigenvalue weighted by Crippen LogP contribution is -2.40. The number of carbonyl (C=O) groups is 1. The highest BCUT2D eigenvalue weighted by Gasteiger charge is 2.35. The van der Waals surface area contributed by atoms with E-state index < -0.39 is 9.84 Å². The van der Waals surface area contributed by atoms with E-state index in [0.717, 1.165) is 5.56 Å². The number of sulfone groups is 1. The number of methoxy groups -OCH3 is 1. The van der Waals surface area contributed by atoms with E-state index in [1.165, 1.54) is 7.11 Å². The van der Waals surface area contributed by atoms with Crippen molar-refractivity contribution < 1.29 is 17.9 Å². The summed E-state index contributed by atoms with van der Waals surface area (Å²) in [4.78, 5) is 14.8. The van der Waals surface area contributed by atoms with Crippen LogP contribution >= 0.6 is 11.6 Å². The molecular formula is C19H20ClNO4S. The van der Waals surface area contributed by atoms with Crippen molar-refractivity contribution in [2.24, 2.45) is 0 Å². The number of halogens is 1. The third kappa shape index (κ3) is 4.19. The van der Waals surface area contributed by atoms with Gasteiger partial charge >= 0.3 is 0 Å². The molecule has 1 saturated heterocycles. The molecule has 1 aliphatic heterocycles. The number of carbonyl (C=O) groups excluding carboxylic acids is 1. The molecule has 0 bridgehead atoms. The van der Waals surface area contributed by atoms with Gasteiger partial charge in [0.25, 0.3) is 5.91 Å². The van der Waals surface area contributed by atoms with Crippen LogP contribution in [0, 0.1) is 0 Å². The maximum Gasteiger partial charge on any atom is 0.254 e. The van der Waals surface area contributed by atoms with Crippen LogP contribution in [-0.4, -0.2) is 43.9 Å². The number of hydrogen-bond donors (Lipinski definition) is 0. The van der Waals surface area contributed by atoms with E-state index in [0.29, 0.717) is 22.8 Å². The van der Waals surface area contributed by atoms with Crippen LogP contribution in [0.3, 0.4) is 0 Å². The van der Waals surface area contributed by atoms with Gasteiger partial charge in [-0.05, 0) is 36.2 Å². The highest BCUT2D eigenvalue weighted by Crippen LogP contribution is 2.26. The highest BCUT2D eigenvalue weighted by molar-refractivity contribution is 7.91. The van der Waals surface area contributed by atoms with Gasteiger partial charge in [-0.25, -0.2) is 8.42 Å². The van der Waals surface area contributed by atoms with E-state index in [-0.39, 0.29) is 30.0 Å². The van der Waals surface area contributed by atoms with Gasteiger partial charge < -0.3 is 9.64 Å². The first-order valence-corrected chi connectivity index (χ1v) is 10.5. The first-order chi connectivity index (χ1) is 12.4. The molecule has 1 fully saturated rings. The van der Waals surface area contributed by atoms with E-state index in [4.69, 9.17) is 16.3 Å². The molecule has 138 valence electrons. The van der Waals surface area contributed by atoms with E-state index in [2.05, 4.69) is 0 Å². The quantitative estimate of drug-likeness (QED) is 0.782. The number of rotatable bonds is 5. The second kappa shape index (κ2) is 7.68. The average molecular weight is 394 g/mol. The maximum atomic E-state index is 13.2. The third-order valence-electron chi connectivity index (χ3n) is 4.53. The lowest BCUT2D eigenvalue weighted by molar-refractivity contribution is 0.0680. The molecule has 26 heavy (non-hydrogen) atoms. The molecule has 1 heterocycles. The Morgan fingerprint density at radius 2 is 2.00 bits per heavy atom.